The van der Waals surface area contributed by atoms with Gasteiger partial charge in [0.15, 0.2) is 0 Å². The lowest BCUT2D eigenvalue weighted by molar-refractivity contribution is -0.137. The Balaban J connectivity index is 1.60. The van der Waals surface area contributed by atoms with Gasteiger partial charge in [-0.05, 0) is 72.8 Å². The molecule has 0 heterocycles. The number of alkyl halides is 3. The van der Waals surface area contributed by atoms with Crippen LogP contribution in [0, 0.1) is 0 Å². The fraction of sp³-hybridized carbons (Fsp3) is 0.217. The van der Waals surface area contributed by atoms with Gasteiger partial charge < -0.3 is 15.1 Å². The van der Waals surface area contributed by atoms with Crippen LogP contribution in [0.1, 0.15) is 5.56 Å². The Labute approximate surface area is 188 Å². The third-order valence-corrected chi connectivity index (χ3v) is 4.56. The second-order valence-corrected chi connectivity index (χ2v) is 6.91. The SMILES string of the molecule is OCCN(CCO)c1ccc(N=Nc2ccc(N=Nc3ccc(C(F)(F)F)cc3)cc2)cc1. The normalized spacial score (nSPS) is 12.0. The number of halogens is 3. The highest BCUT2D eigenvalue weighted by Gasteiger charge is 2.29. The average molecular weight is 457 g/mol. The van der Waals surface area contributed by atoms with Crippen LogP contribution >= 0.6 is 0 Å². The molecule has 7 nitrogen and oxygen atoms in total. The zero-order valence-electron chi connectivity index (χ0n) is 17.5. The second-order valence-electron chi connectivity index (χ2n) is 6.91. The van der Waals surface area contributed by atoms with E-state index in [1.54, 1.807) is 36.4 Å². The minimum Gasteiger partial charge on any atom is -0.395 e. The van der Waals surface area contributed by atoms with Crippen molar-refractivity contribution in [2.45, 2.75) is 6.18 Å². The monoisotopic (exact) mass is 457 g/mol. The van der Waals surface area contributed by atoms with Gasteiger partial charge in [-0.2, -0.15) is 33.6 Å². The van der Waals surface area contributed by atoms with E-state index in [0.717, 1.165) is 17.8 Å². The van der Waals surface area contributed by atoms with Crippen LogP contribution in [0.15, 0.2) is 93.3 Å². The first kappa shape index (κ1) is 24.0. The van der Waals surface area contributed by atoms with Gasteiger partial charge in [0.25, 0.3) is 0 Å². The summed E-state index contributed by atoms with van der Waals surface area (Å²) >= 11 is 0. The first-order chi connectivity index (χ1) is 15.9. The average Bonchev–Trinajstić information content (AvgIpc) is 2.82. The lowest BCUT2D eigenvalue weighted by Gasteiger charge is -2.22. The lowest BCUT2D eigenvalue weighted by atomic mass is 10.2. The van der Waals surface area contributed by atoms with Crippen LogP contribution in [0.5, 0.6) is 0 Å². The van der Waals surface area contributed by atoms with Crippen molar-refractivity contribution in [2.75, 3.05) is 31.2 Å². The molecule has 0 aliphatic heterocycles. The maximum Gasteiger partial charge on any atom is 0.416 e. The van der Waals surface area contributed by atoms with Crippen LogP contribution in [0.3, 0.4) is 0 Å². The van der Waals surface area contributed by atoms with Crippen LogP contribution < -0.4 is 4.90 Å². The van der Waals surface area contributed by atoms with Crippen molar-refractivity contribution in [3.63, 3.8) is 0 Å². The van der Waals surface area contributed by atoms with Crippen LogP contribution in [0.2, 0.25) is 0 Å². The molecule has 0 unspecified atom stereocenters. The Hall–Kier alpha value is -3.63. The number of aliphatic hydroxyl groups is 2. The van der Waals surface area contributed by atoms with Crippen molar-refractivity contribution in [1.29, 1.82) is 0 Å². The zero-order valence-corrected chi connectivity index (χ0v) is 17.5. The van der Waals surface area contributed by atoms with Crippen molar-refractivity contribution in [3.05, 3.63) is 78.4 Å². The summed E-state index contributed by atoms with van der Waals surface area (Å²) in [7, 11) is 0. The zero-order chi connectivity index (χ0) is 23.7. The van der Waals surface area contributed by atoms with Crippen LogP contribution in [-0.2, 0) is 6.18 Å². The molecule has 33 heavy (non-hydrogen) atoms. The molecule has 0 saturated heterocycles. The van der Waals surface area contributed by atoms with Crippen molar-refractivity contribution in [2.24, 2.45) is 20.5 Å². The molecular weight excluding hydrogens is 435 g/mol. The summed E-state index contributed by atoms with van der Waals surface area (Å²) in [6.07, 6.45) is -4.39. The first-order valence-corrected chi connectivity index (χ1v) is 10.1. The number of nitrogens with zero attached hydrogens (tertiary/aromatic N) is 5. The standard InChI is InChI=1S/C23H22F3N5O2/c24-23(25,26)17-1-3-18(4-2-17)27-28-19-5-7-20(8-6-19)29-30-21-9-11-22(12-10-21)31(13-15-32)14-16-33/h1-12,32-33H,13-16H2. The van der Waals surface area contributed by atoms with Gasteiger partial charge in [0.2, 0.25) is 0 Å². The number of rotatable bonds is 9. The second kappa shape index (κ2) is 11.3. The highest BCUT2D eigenvalue weighted by atomic mass is 19.4. The molecule has 0 bridgehead atoms. The van der Waals surface area contributed by atoms with Crippen molar-refractivity contribution < 1.29 is 23.4 Å². The third-order valence-electron chi connectivity index (χ3n) is 4.56. The van der Waals surface area contributed by atoms with Crippen molar-refractivity contribution >= 4 is 28.4 Å². The summed E-state index contributed by atoms with van der Waals surface area (Å²) in [4.78, 5) is 1.86. The van der Waals surface area contributed by atoms with Crippen LogP contribution in [0.4, 0.5) is 41.6 Å². The summed E-state index contributed by atoms with van der Waals surface area (Å²) in [5.41, 5.74) is 2.18. The molecule has 0 spiro atoms. The maximum absolute atomic E-state index is 12.6. The largest absolute Gasteiger partial charge is 0.416 e. The summed E-state index contributed by atoms with van der Waals surface area (Å²) in [5, 5.41) is 34.6. The molecule has 0 aliphatic carbocycles. The summed E-state index contributed by atoms with van der Waals surface area (Å²) < 4.78 is 37.8. The molecule has 3 aromatic rings. The predicted molar refractivity (Wildman–Crippen MR) is 119 cm³/mol. The Kier molecular flexibility index (Phi) is 8.22. The molecule has 2 N–H and O–H groups in total. The maximum atomic E-state index is 12.6. The summed E-state index contributed by atoms with van der Waals surface area (Å²) in [6.45, 7) is 0.816. The molecule has 172 valence electrons. The number of hydrogen-bond acceptors (Lipinski definition) is 7. The first-order valence-electron chi connectivity index (χ1n) is 10.1. The van der Waals surface area contributed by atoms with Gasteiger partial charge in [-0.3, -0.25) is 0 Å². The van der Waals surface area contributed by atoms with Crippen LogP contribution in [0.25, 0.3) is 0 Å². The van der Waals surface area contributed by atoms with E-state index in [1.807, 2.05) is 17.0 Å². The highest BCUT2D eigenvalue weighted by molar-refractivity contribution is 5.53. The fourth-order valence-electron chi connectivity index (χ4n) is 2.88. The van der Waals surface area contributed by atoms with Crippen molar-refractivity contribution in [1.82, 2.24) is 0 Å². The van der Waals surface area contributed by atoms with E-state index in [-0.39, 0.29) is 13.2 Å². The smallest absolute Gasteiger partial charge is 0.395 e. The Morgan fingerprint density at radius 1 is 0.576 bits per heavy atom. The molecule has 0 fully saturated rings. The quantitative estimate of drug-likeness (QED) is 0.368. The molecule has 3 aromatic carbocycles. The third kappa shape index (κ3) is 7.19. The lowest BCUT2D eigenvalue weighted by Crippen LogP contribution is -2.29. The van der Waals surface area contributed by atoms with E-state index < -0.39 is 11.7 Å². The number of aliphatic hydroxyl groups excluding tert-OH is 2. The summed E-state index contributed by atoms with van der Waals surface area (Å²) in [5.74, 6) is 0. The van der Waals surface area contributed by atoms with Gasteiger partial charge in [0.05, 0.1) is 41.5 Å². The van der Waals surface area contributed by atoms with E-state index in [2.05, 4.69) is 20.5 Å². The molecule has 0 saturated carbocycles. The minimum atomic E-state index is -4.39. The Morgan fingerprint density at radius 2 is 0.909 bits per heavy atom. The predicted octanol–water partition coefficient (Wildman–Crippen LogP) is 6.33. The van der Waals surface area contributed by atoms with E-state index >= 15 is 0 Å². The fourth-order valence-corrected chi connectivity index (χ4v) is 2.88. The number of anilines is 1. The molecule has 0 atom stereocenters. The molecule has 0 aromatic heterocycles. The summed E-state index contributed by atoms with van der Waals surface area (Å²) in [6, 6.07) is 18.4. The molecular formula is C23H22F3N5O2. The minimum absolute atomic E-state index is 0.0125. The molecule has 3 rings (SSSR count). The van der Waals surface area contributed by atoms with Crippen molar-refractivity contribution in [3.8, 4) is 0 Å². The van der Waals surface area contributed by atoms with E-state index in [9.17, 15) is 13.2 Å². The molecule has 10 heteroatoms. The van der Waals surface area contributed by atoms with Crippen LogP contribution in [-0.4, -0.2) is 36.5 Å². The topological polar surface area (TPSA) is 93.1 Å². The van der Waals surface area contributed by atoms with E-state index in [1.165, 1.54) is 12.1 Å². The van der Waals surface area contributed by atoms with Gasteiger partial charge in [0.1, 0.15) is 0 Å². The van der Waals surface area contributed by atoms with Gasteiger partial charge in [0, 0.05) is 18.8 Å². The molecule has 0 aliphatic rings. The molecule has 0 amide bonds. The van der Waals surface area contributed by atoms with Gasteiger partial charge in [-0.25, -0.2) is 0 Å². The van der Waals surface area contributed by atoms with Gasteiger partial charge >= 0.3 is 6.18 Å². The van der Waals surface area contributed by atoms with E-state index in [0.29, 0.717) is 35.8 Å². The number of azo groups is 2. The number of benzene rings is 3. The number of hydrogen-bond donors (Lipinski definition) is 2. The van der Waals surface area contributed by atoms with Gasteiger partial charge in [-0.1, -0.05) is 0 Å². The van der Waals surface area contributed by atoms with Gasteiger partial charge in [-0.15, -0.1) is 0 Å². The van der Waals surface area contributed by atoms with E-state index in [4.69, 9.17) is 10.2 Å². The highest BCUT2D eigenvalue weighted by Crippen LogP contribution is 2.31. The Morgan fingerprint density at radius 3 is 1.24 bits per heavy atom. The molecule has 0 radical (unpaired) electrons. The Bertz CT molecular complexity index is 1060.